The third kappa shape index (κ3) is 2.45. The maximum absolute atomic E-state index is 12.7. The molecular weight excluding hydrogens is 338 g/mol. The zero-order valence-electron chi connectivity index (χ0n) is 11.0. The topological polar surface area (TPSA) is 45.2 Å². The molecular formula is C14H14BrN3OS. The van der Waals surface area contributed by atoms with Crippen molar-refractivity contribution in [3.05, 3.63) is 44.2 Å². The molecule has 0 radical (unpaired) electrons. The Morgan fingerprint density at radius 1 is 1.55 bits per heavy atom. The van der Waals surface area contributed by atoms with E-state index in [9.17, 15) is 4.79 Å². The number of pyridine rings is 1. The lowest BCUT2D eigenvalue weighted by atomic mass is 10.1. The summed E-state index contributed by atoms with van der Waals surface area (Å²) in [6, 6.07) is 3.93. The number of fused-ring (bicyclic) bond motifs is 1. The van der Waals surface area contributed by atoms with Gasteiger partial charge in [-0.2, -0.15) is 0 Å². The van der Waals surface area contributed by atoms with Crippen LogP contribution in [0.25, 0.3) is 0 Å². The summed E-state index contributed by atoms with van der Waals surface area (Å²) in [5.41, 5.74) is 1.88. The minimum atomic E-state index is 0.0278. The van der Waals surface area contributed by atoms with E-state index in [-0.39, 0.29) is 5.91 Å². The lowest BCUT2D eigenvalue weighted by molar-refractivity contribution is 0.0736. The highest BCUT2D eigenvalue weighted by Gasteiger charge is 2.24. The van der Waals surface area contributed by atoms with Gasteiger partial charge in [0.1, 0.15) is 5.82 Å². The molecule has 0 saturated carbocycles. The van der Waals surface area contributed by atoms with Gasteiger partial charge >= 0.3 is 0 Å². The van der Waals surface area contributed by atoms with Crippen molar-refractivity contribution in [3.8, 4) is 0 Å². The summed E-state index contributed by atoms with van der Waals surface area (Å²) in [5, 5.41) is 5.08. The fourth-order valence-corrected chi connectivity index (χ4v) is 3.61. The number of amides is 1. The number of halogens is 1. The van der Waals surface area contributed by atoms with Gasteiger partial charge in [0.05, 0.1) is 5.56 Å². The Hall–Kier alpha value is -1.40. The van der Waals surface area contributed by atoms with Crippen molar-refractivity contribution in [2.24, 2.45) is 0 Å². The van der Waals surface area contributed by atoms with E-state index in [1.807, 2.05) is 11.0 Å². The highest BCUT2D eigenvalue weighted by atomic mass is 79.9. The SMILES string of the molecule is CNc1ncc(Br)cc1C(=O)N1CCc2sccc2C1. The third-order valence-corrected chi connectivity index (χ3v) is 4.87. The summed E-state index contributed by atoms with van der Waals surface area (Å²) in [7, 11) is 1.78. The maximum atomic E-state index is 12.7. The molecule has 104 valence electrons. The van der Waals surface area contributed by atoms with E-state index in [2.05, 4.69) is 37.7 Å². The van der Waals surface area contributed by atoms with Crippen molar-refractivity contribution in [1.29, 1.82) is 0 Å². The van der Waals surface area contributed by atoms with Crippen LogP contribution >= 0.6 is 27.3 Å². The number of nitrogens with zero attached hydrogens (tertiary/aromatic N) is 2. The van der Waals surface area contributed by atoms with Gasteiger partial charge in [-0.25, -0.2) is 4.98 Å². The first-order valence-corrected chi connectivity index (χ1v) is 8.04. The van der Waals surface area contributed by atoms with Gasteiger partial charge in [0, 0.05) is 35.7 Å². The molecule has 20 heavy (non-hydrogen) atoms. The number of nitrogens with one attached hydrogen (secondary N) is 1. The molecule has 0 unspecified atom stereocenters. The Morgan fingerprint density at radius 3 is 3.20 bits per heavy atom. The highest BCUT2D eigenvalue weighted by Crippen LogP contribution is 2.26. The van der Waals surface area contributed by atoms with Gasteiger partial charge < -0.3 is 10.2 Å². The van der Waals surface area contributed by atoms with Crippen LogP contribution < -0.4 is 5.32 Å². The van der Waals surface area contributed by atoms with Gasteiger partial charge in [-0.3, -0.25) is 4.79 Å². The Morgan fingerprint density at radius 2 is 2.40 bits per heavy atom. The monoisotopic (exact) mass is 351 g/mol. The van der Waals surface area contributed by atoms with Gasteiger partial charge in [0.25, 0.3) is 5.91 Å². The number of anilines is 1. The Bertz CT molecular complexity index is 656. The molecule has 0 fully saturated rings. The summed E-state index contributed by atoms with van der Waals surface area (Å²) < 4.78 is 0.813. The molecule has 0 aromatic carbocycles. The Kier molecular flexibility index (Phi) is 3.76. The van der Waals surface area contributed by atoms with Crippen LogP contribution in [0.1, 0.15) is 20.8 Å². The fourth-order valence-electron chi connectivity index (χ4n) is 2.39. The van der Waals surface area contributed by atoms with E-state index in [0.717, 1.165) is 17.4 Å². The summed E-state index contributed by atoms with van der Waals surface area (Å²) in [6.45, 7) is 1.45. The number of rotatable bonds is 2. The molecule has 6 heteroatoms. The molecule has 1 aliphatic rings. The molecule has 1 amide bonds. The van der Waals surface area contributed by atoms with E-state index in [0.29, 0.717) is 17.9 Å². The van der Waals surface area contributed by atoms with E-state index in [1.165, 1.54) is 10.4 Å². The molecule has 3 heterocycles. The third-order valence-electron chi connectivity index (χ3n) is 3.42. The number of carbonyl (C=O) groups excluding carboxylic acids is 1. The average molecular weight is 352 g/mol. The molecule has 2 aromatic rings. The minimum Gasteiger partial charge on any atom is -0.372 e. The molecule has 0 saturated heterocycles. The number of hydrogen-bond acceptors (Lipinski definition) is 4. The molecule has 4 nitrogen and oxygen atoms in total. The summed E-state index contributed by atoms with van der Waals surface area (Å²) in [5.74, 6) is 0.648. The largest absolute Gasteiger partial charge is 0.372 e. The first kappa shape index (κ1) is 13.6. The predicted octanol–water partition coefficient (Wildman–Crippen LogP) is 3.15. The van der Waals surface area contributed by atoms with Gasteiger partial charge in [0.2, 0.25) is 0 Å². The molecule has 0 bridgehead atoms. The molecule has 2 aromatic heterocycles. The average Bonchev–Trinajstić information content (AvgIpc) is 2.93. The second-order valence-corrected chi connectivity index (χ2v) is 6.56. The van der Waals surface area contributed by atoms with Crippen LogP contribution in [-0.2, 0) is 13.0 Å². The number of aromatic nitrogens is 1. The zero-order valence-corrected chi connectivity index (χ0v) is 13.4. The standard InChI is InChI=1S/C14H14BrN3OS/c1-16-13-11(6-10(15)7-17-13)14(19)18-4-2-12-9(8-18)3-5-20-12/h3,5-7H,2,4,8H2,1H3,(H,16,17). The summed E-state index contributed by atoms with van der Waals surface area (Å²) >= 11 is 5.15. The van der Waals surface area contributed by atoms with Crippen LogP contribution in [0, 0.1) is 0 Å². The van der Waals surface area contributed by atoms with Crippen LogP contribution in [-0.4, -0.2) is 29.4 Å². The zero-order chi connectivity index (χ0) is 14.1. The van der Waals surface area contributed by atoms with Crippen LogP contribution in [0.5, 0.6) is 0 Å². The molecule has 0 spiro atoms. The number of hydrogen-bond donors (Lipinski definition) is 1. The van der Waals surface area contributed by atoms with Crippen LogP contribution in [0.15, 0.2) is 28.2 Å². The van der Waals surface area contributed by atoms with Gasteiger partial charge in [-0.05, 0) is 45.4 Å². The van der Waals surface area contributed by atoms with Crippen molar-refractivity contribution in [2.75, 3.05) is 18.9 Å². The van der Waals surface area contributed by atoms with Crippen molar-refractivity contribution in [3.63, 3.8) is 0 Å². The molecule has 0 atom stereocenters. The van der Waals surface area contributed by atoms with Gasteiger partial charge in [-0.1, -0.05) is 0 Å². The van der Waals surface area contributed by atoms with Gasteiger partial charge in [0.15, 0.2) is 0 Å². The molecule has 3 rings (SSSR count). The van der Waals surface area contributed by atoms with Gasteiger partial charge in [-0.15, -0.1) is 11.3 Å². The highest BCUT2D eigenvalue weighted by molar-refractivity contribution is 9.10. The summed E-state index contributed by atoms with van der Waals surface area (Å²) in [4.78, 5) is 20.2. The number of thiophene rings is 1. The van der Waals surface area contributed by atoms with Crippen molar-refractivity contribution >= 4 is 39.0 Å². The van der Waals surface area contributed by atoms with Crippen molar-refractivity contribution in [1.82, 2.24) is 9.88 Å². The summed E-state index contributed by atoms with van der Waals surface area (Å²) in [6.07, 6.45) is 2.63. The van der Waals surface area contributed by atoms with Crippen LogP contribution in [0.4, 0.5) is 5.82 Å². The van der Waals surface area contributed by atoms with E-state index >= 15 is 0 Å². The molecule has 1 N–H and O–H groups in total. The van der Waals surface area contributed by atoms with E-state index in [1.54, 1.807) is 24.6 Å². The van der Waals surface area contributed by atoms with E-state index < -0.39 is 0 Å². The first-order valence-electron chi connectivity index (χ1n) is 6.37. The molecule has 1 aliphatic heterocycles. The predicted molar refractivity (Wildman–Crippen MR) is 84.2 cm³/mol. The smallest absolute Gasteiger partial charge is 0.257 e. The van der Waals surface area contributed by atoms with E-state index in [4.69, 9.17) is 0 Å². The Balaban J connectivity index is 1.88. The first-order chi connectivity index (χ1) is 9.69. The Labute approximate surface area is 130 Å². The maximum Gasteiger partial charge on any atom is 0.257 e. The fraction of sp³-hybridized carbons (Fsp3) is 0.286. The second-order valence-electron chi connectivity index (χ2n) is 4.65. The molecule has 0 aliphatic carbocycles. The normalized spacial score (nSPS) is 14.0. The lowest BCUT2D eigenvalue weighted by Gasteiger charge is -2.27. The number of carbonyl (C=O) groups is 1. The second kappa shape index (κ2) is 5.54. The minimum absolute atomic E-state index is 0.0278. The quantitative estimate of drug-likeness (QED) is 0.903. The lowest BCUT2D eigenvalue weighted by Crippen LogP contribution is -2.35. The van der Waals surface area contributed by atoms with Crippen molar-refractivity contribution in [2.45, 2.75) is 13.0 Å². The van der Waals surface area contributed by atoms with Crippen LogP contribution in [0.2, 0.25) is 0 Å². The van der Waals surface area contributed by atoms with Crippen molar-refractivity contribution < 1.29 is 4.79 Å². The van der Waals surface area contributed by atoms with Crippen LogP contribution in [0.3, 0.4) is 0 Å².